The molecule has 1 aliphatic carbocycles. The molecule has 1 N–H and O–H groups in total. The summed E-state index contributed by atoms with van der Waals surface area (Å²) in [7, 11) is 1.67. The van der Waals surface area contributed by atoms with Gasteiger partial charge in [0.25, 0.3) is 0 Å². The summed E-state index contributed by atoms with van der Waals surface area (Å²) >= 11 is 0. The Hall–Kier alpha value is -1.28. The van der Waals surface area contributed by atoms with Gasteiger partial charge in [-0.1, -0.05) is 17.7 Å². The van der Waals surface area contributed by atoms with E-state index in [0.29, 0.717) is 6.42 Å². The largest absolute Gasteiger partial charge is 0.497 e. The molecule has 0 aliphatic heterocycles. The fraction of sp³-hybridized carbons (Fsp3) is 0.467. The number of aliphatic hydroxyl groups is 1. The third kappa shape index (κ3) is 2.70. The van der Waals surface area contributed by atoms with E-state index in [1.54, 1.807) is 7.11 Å². The number of hydrogen-bond donors (Lipinski definition) is 1. The maximum atomic E-state index is 10.5. The van der Waals surface area contributed by atoms with Crippen LogP contribution in [-0.2, 0) is 12.8 Å². The Labute approximate surface area is 103 Å². The van der Waals surface area contributed by atoms with Gasteiger partial charge < -0.3 is 9.84 Å². The normalized spacial score (nSPS) is 22.8. The first kappa shape index (κ1) is 12.2. The number of hydrogen-bond acceptors (Lipinski definition) is 2. The molecule has 0 saturated carbocycles. The van der Waals surface area contributed by atoms with Crippen LogP contribution in [0.2, 0.25) is 0 Å². The molecule has 92 valence electrons. The molecule has 2 rings (SSSR count). The molecular formula is C15H20O2. The zero-order valence-corrected chi connectivity index (χ0v) is 10.8. The van der Waals surface area contributed by atoms with Crippen LogP contribution in [-0.4, -0.2) is 17.8 Å². The molecule has 0 bridgehead atoms. The highest BCUT2D eigenvalue weighted by Crippen LogP contribution is 2.32. The number of fused-ring (bicyclic) bond motifs is 1. The van der Waals surface area contributed by atoms with Crippen LogP contribution >= 0.6 is 0 Å². The van der Waals surface area contributed by atoms with E-state index in [0.717, 1.165) is 18.6 Å². The number of aryl methyl sites for hydroxylation is 1. The summed E-state index contributed by atoms with van der Waals surface area (Å²) in [6, 6.07) is 6.14. The molecule has 1 aliphatic rings. The van der Waals surface area contributed by atoms with Gasteiger partial charge in [-0.3, -0.25) is 0 Å². The molecule has 1 unspecified atom stereocenters. The molecule has 0 radical (unpaired) electrons. The lowest BCUT2D eigenvalue weighted by Gasteiger charge is -2.31. The standard InChI is InChI=1S/C15H20O2/c1-11(2)9-15(16)7-6-12-4-5-14(17-3)8-13(12)10-15/h4-5,8-9,16H,6-7,10H2,1-3H3. The number of allylic oxidation sites excluding steroid dienone is 1. The van der Waals surface area contributed by atoms with Crippen LogP contribution in [0.3, 0.4) is 0 Å². The van der Waals surface area contributed by atoms with E-state index >= 15 is 0 Å². The molecule has 1 atom stereocenters. The van der Waals surface area contributed by atoms with Crippen molar-refractivity contribution in [2.75, 3.05) is 7.11 Å². The Bertz CT molecular complexity index is 444. The summed E-state index contributed by atoms with van der Waals surface area (Å²) in [5.74, 6) is 0.866. The van der Waals surface area contributed by atoms with Gasteiger partial charge in [0, 0.05) is 6.42 Å². The van der Waals surface area contributed by atoms with Crippen molar-refractivity contribution in [3.05, 3.63) is 41.0 Å². The fourth-order valence-electron chi connectivity index (χ4n) is 2.57. The van der Waals surface area contributed by atoms with E-state index in [4.69, 9.17) is 4.74 Å². The fourth-order valence-corrected chi connectivity index (χ4v) is 2.57. The molecule has 0 fully saturated rings. The highest BCUT2D eigenvalue weighted by molar-refractivity contribution is 5.39. The molecule has 0 spiro atoms. The lowest BCUT2D eigenvalue weighted by atomic mass is 9.79. The highest BCUT2D eigenvalue weighted by Gasteiger charge is 2.29. The van der Waals surface area contributed by atoms with E-state index in [1.807, 2.05) is 32.1 Å². The van der Waals surface area contributed by atoms with Gasteiger partial charge in [0.15, 0.2) is 0 Å². The summed E-state index contributed by atoms with van der Waals surface area (Å²) in [5.41, 5.74) is 3.02. The number of ether oxygens (including phenoxy) is 1. The maximum Gasteiger partial charge on any atom is 0.119 e. The highest BCUT2D eigenvalue weighted by atomic mass is 16.5. The van der Waals surface area contributed by atoms with Gasteiger partial charge in [-0.25, -0.2) is 0 Å². The van der Waals surface area contributed by atoms with Crippen molar-refractivity contribution in [3.8, 4) is 5.75 Å². The minimum atomic E-state index is -0.682. The Morgan fingerprint density at radius 1 is 1.35 bits per heavy atom. The molecule has 0 heterocycles. The van der Waals surface area contributed by atoms with Crippen LogP contribution in [0.4, 0.5) is 0 Å². The van der Waals surface area contributed by atoms with Crippen molar-refractivity contribution in [2.45, 2.75) is 38.7 Å². The number of methoxy groups -OCH3 is 1. The summed E-state index contributed by atoms with van der Waals surface area (Å²) in [6.07, 6.45) is 4.40. The first-order chi connectivity index (χ1) is 8.02. The summed E-state index contributed by atoms with van der Waals surface area (Å²) < 4.78 is 5.23. The number of benzene rings is 1. The molecule has 0 amide bonds. The van der Waals surface area contributed by atoms with Gasteiger partial charge in [0.05, 0.1) is 12.7 Å². The second-order valence-corrected chi connectivity index (χ2v) is 5.14. The van der Waals surface area contributed by atoms with Crippen molar-refractivity contribution in [1.29, 1.82) is 0 Å². The van der Waals surface area contributed by atoms with Gasteiger partial charge in [0.2, 0.25) is 0 Å². The second-order valence-electron chi connectivity index (χ2n) is 5.14. The third-order valence-corrected chi connectivity index (χ3v) is 3.29. The predicted molar refractivity (Wildman–Crippen MR) is 69.4 cm³/mol. The smallest absolute Gasteiger partial charge is 0.119 e. The minimum absolute atomic E-state index is 0.682. The van der Waals surface area contributed by atoms with Crippen LogP contribution in [0.5, 0.6) is 5.75 Å². The predicted octanol–water partition coefficient (Wildman–Crippen LogP) is 2.88. The van der Waals surface area contributed by atoms with Gasteiger partial charge in [-0.2, -0.15) is 0 Å². The number of rotatable bonds is 2. The third-order valence-electron chi connectivity index (χ3n) is 3.29. The Balaban J connectivity index is 2.31. The van der Waals surface area contributed by atoms with Crippen LogP contribution in [0.1, 0.15) is 31.4 Å². The SMILES string of the molecule is COc1ccc2c(c1)CC(O)(C=C(C)C)CC2. The first-order valence-electron chi connectivity index (χ1n) is 6.07. The first-order valence-corrected chi connectivity index (χ1v) is 6.07. The minimum Gasteiger partial charge on any atom is -0.497 e. The molecule has 0 saturated heterocycles. The van der Waals surface area contributed by atoms with E-state index in [2.05, 4.69) is 6.07 Å². The van der Waals surface area contributed by atoms with Gasteiger partial charge in [-0.15, -0.1) is 0 Å². The molecule has 1 aromatic carbocycles. The van der Waals surface area contributed by atoms with Gasteiger partial charge in [0.1, 0.15) is 5.75 Å². The molecular weight excluding hydrogens is 212 g/mol. The molecule has 2 nitrogen and oxygen atoms in total. The van der Waals surface area contributed by atoms with Crippen LogP contribution in [0.25, 0.3) is 0 Å². The van der Waals surface area contributed by atoms with Crippen molar-refractivity contribution < 1.29 is 9.84 Å². The van der Waals surface area contributed by atoms with E-state index in [-0.39, 0.29) is 0 Å². The quantitative estimate of drug-likeness (QED) is 0.794. The Morgan fingerprint density at radius 3 is 2.76 bits per heavy atom. The topological polar surface area (TPSA) is 29.5 Å². The zero-order valence-electron chi connectivity index (χ0n) is 10.8. The van der Waals surface area contributed by atoms with Crippen LogP contribution < -0.4 is 4.74 Å². The lowest BCUT2D eigenvalue weighted by molar-refractivity contribution is 0.0753. The Morgan fingerprint density at radius 2 is 2.12 bits per heavy atom. The van der Waals surface area contributed by atoms with Crippen molar-refractivity contribution in [3.63, 3.8) is 0 Å². The zero-order chi connectivity index (χ0) is 12.5. The summed E-state index contributed by atoms with van der Waals surface area (Å²) in [6.45, 7) is 4.05. The van der Waals surface area contributed by atoms with Crippen molar-refractivity contribution in [1.82, 2.24) is 0 Å². The lowest BCUT2D eigenvalue weighted by Crippen LogP contribution is -2.33. The van der Waals surface area contributed by atoms with Gasteiger partial charge >= 0.3 is 0 Å². The van der Waals surface area contributed by atoms with E-state index < -0.39 is 5.60 Å². The molecule has 17 heavy (non-hydrogen) atoms. The van der Waals surface area contributed by atoms with Crippen molar-refractivity contribution >= 4 is 0 Å². The van der Waals surface area contributed by atoms with E-state index in [1.165, 1.54) is 16.7 Å². The molecule has 1 aromatic rings. The second kappa shape index (κ2) is 4.53. The average molecular weight is 232 g/mol. The molecule has 2 heteroatoms. The van der Waals surface area contributed by atoms with Gasteiger partial charge in [-0.05, 0) is 49.9 Å². The average Bonchev–Trinajstić information content (AvgIpc) is 2.26. The van der Waals surface area contributed by atoms with E-state index in [9.17, 15) is 5.11 Å². The monoisotopic (exact) mass is 232 g/mol. The molecule has 0 aromatic heterocycles. The van der Waals surface area contributed by atoms with Crippen LogP contribution in [0.15, 0.2) is 29.8 Å². The summed E-state index contributed by atoms with van der Waals surface area (Å²) in [5, 5.41) is 10.5. The van der Waals surface area contributed by atoms with Crippen molar-refractivity contribution in [2.24, 2.45) is 0 Å². The maximum absolute atomic E-state index is 10.5. The van der Waals surface area contributed by atoms with Crippen LogP contribution in [0, 0.1) is 0 Å². The summed E-state index contributed by atoms with van der Waals surface area (Å²) in [4.78, 5) is 0. The Kier molecular flexibility index (Phi) is 3.25.